The van der Waals surface area contributed by atoms with Crippen LogP contribution in [0.1, 0.15) is 18.4 Å². The first-order valence-corrected chi connectivity index (χ1v) is 7.72. The van der Waals surface area contributed by atoms with Crippen LogP contribution < -0.4 is 27.5 Å². The van der Waals surface area contributed by atoms with Crippen molar-refractivity contribution in [2.24, 2.45) is 5.84 Å². The summed E-state index contributed by atoms with van der Waals surface area (Å²) in [5.74, 6) is 5.51. The fraction of sp³-hybridized carbons (Fsp3) is 0.111. The van der Waals surface area contributed by atoms with E-state index in [2.05, 4.69) is 10.4 Å². The average Bonchev–Trinajstić information content (AvgIpc) is 2.63. The lowest BCUT2D eigenvalue weighted by molar-refractivity contribution is -0.122. The van der Waals surface area contributed by atoms with Crippen LogP contribution in [0.2, 0.25) is 0 Å². The van der Waals surface area contributed by atoms with Gasteiger partial charge in [0.15, 0.2) is 0 Å². The second-order valence-electron chi connectivity index (χ2n) is 5.64. The van der Waals surface area contributed by atoms with Crippen molar-refractivity contribution in [1.82, 2.24) is 10.4 Å². The lowest BCUT2D eigenvalue weighted by Gasteiger charge is -2.18. The van der Waals surface area contributed by atoms with Gasteiger partial charge in [0.1, 0.15) is 17.3 Å². The monoisotopic (exact) mass is 337 g/mol. The Hall–Kier alpha value is -3.32. The van der Waals surface area contributed by atoms with E-state index in [1.165, 1.54) is 6.20 Å². The average molecular weight is 337 g/mol. The molecule has 0 aliphatic heterocycles. The fourth-order valence-corrected chi connectivity index (χ4v) is 2.75. The van der Waals surface area contributed by atoms with Gasteiger partial charge in [0.05, 0.1) is 5.92 Å². The topological polar surface area (TPSA) is 129 Å². The molecule has 1 atom stereocenters. The van der Waals surface area contributed by atoms with Gasteiger partial charge in [0.2, 0.25) is 5.91 Å². The van der Waals surface area contributed by atoms with E-state index < -0.39 is 5.92 Å². The number of nitrogens with zero attached hydrogens (tertiary/aromatic N) is 1. The van der Waals surface area contributed by atoms with Crippen molar-refractivity contribution in [3.05, 3.63) is 54.2 Å². The van der Waals surface area contributed by atoms with Crippen LogP contribution in [0.3, 0.4) is 0 Å². The second-order valence-corrected chi connectivity index (χ2v) is 5.64. The summed E-state index contributed by atoms with van der Waals surface area (Å²) >= 11 is 0. The summed E-state index contributed by atoms with van der Waals surface area (Å²) in [5, 5.41) is 1.75. The molecular weight excluding hydrogens is 318 g/mol. The lowest BCUT2D eigenvalue weighted by Crippen LogP contribution is -2.34. The van der Waals surface area contributed by atoms with Crippen molar-refractivity contribution >= 4 is 28.2 Å². The third-order valence-corrected chi connectivity index (χ3v) is 4.09. The van der Waals surface area contributed by atoms with Crippen molar-refractivity contribution in [3.63, 3.8) is 0 Å². The minimum Gasteiger partial charge on any atom is -0.456 e. The molecule has 7 N–H and O–H groups in total. The molecule has 128 valence electrons. The van der Waals surface area contributed by atoms with Crippen molar-refractivity contribution in [2.45, 2.75) is 12.8 Å². The van der Waals surface area contributed by atoms with Gasteiger partial charge >= 0.3 is 0 Å². The number of fused-ring (bicyclic) bond motifs is 1. The van der Waals surface area contributed by atoms with Gasteiger partial charge in [0, 0.05) is 28.2 Å². The molecule has 3 rings (SSSR count). The molecule has 0 radical (unpaired) electrons. The number of benzene rings is 2. The van der Waals surface area contributed by atoms with Gasteiger partial charge < -0.3 is 16.2 Å². The zero-order chi connectivity index (χ0) is 18.0. The number of rotatable bonds is 4. The number of nitrogen functional groups attached to an aromatic ring is 2. The molecule has 7 heteroatoms. The fourth-order valence-electron chi connectivity index (χ4n) is 2.75. The Labute approximate surface area is 144 Å². The summed E-state index contributed by atoms with van der Waals surface area (Å²) in [6.45, 7) is 1.68. The maximum Gasteiger partial charge on any atom is 0.241 e. The number of amides is 1. The van der Waals surface area contributed by atoms with Crippen LogP contribution >= 0.6 is 0 Å². The Bertz CT molecular complexity index is 942. The van der Waals surface area contributed by atoms with Crippen LogP contribution in [-0.4, -0.2) is 10.9 Å². The maximum atomic E-state index is 11.9. The van der Waals surface area contributed by atoms with Gasteiger partial charge in [-0.3, -0.25) is 10.2 Å². The van der Waals surface area contributed by atoms with E-state index in [9.17, 15) is 4.79 Å². The zero-order valence-electron chi connectivity index (χ0n) is 13.7. The third-order valence-electron chi connectivity index (χ3n) is 4.09. The van der Waals surface area contributed by atoms with Crippen LogP contribution in [0.25, 0.3) is 10.8 Å². The number of hydrogen-bond donors (Lipinski definition) is 4. The zero-order valence-corrected chi connectivity index (χ0v) is 13.7. The molecule has 0 spiro atoms. The minimum atomic E-state index is -0.617. The van der Waals surface area contributed by atoms with E-state index in [-0.39, 0.29) is 11.7 Å². The normalized spacial score (nSPS) is 11.9. The molecule has 7 nitrogen and oxygen atoms in total. The molecule has 25 heavy (non-hydrogen) atoms. The number of hydrogen-bond acceptors (Lipinski definition) is 6. The Morgan fingerprint density at radius 2 is 1.80 bits per heavy atom. The summed E-state index contributed by atoms with van der Waals surface area (Å²) in [4.78, 5) is 16.0. The van der Waals surface area contributed by atoms with E-state index in [0.29, 0.717) is 22.7 Å². The molecule has 0 fully saturated rings. The summed E-state index contributed by atoms with van der Waals surface area (Å²) in [6.07, 6.45) is 1.53. The largest absolute Gasteiger partial charge is 0.456 e. The highest BCUT2D eigenvalue weighted by Crippen LogP contribution is 2.37. The maximum absolute atomic E-state index is 11.9. The molecule has 0 aliphatic rings. The number of nitrogens with two attached hydrogens (primary N) is 3. The van der Waals surface area contributed by atoms with E-state index in [4.69, 9.17) is 22.0 Å². The van der Waals surface area contributed by atoms with Crippen LogP contribution in [0.15, 0.2) is 48.7 Å². The first-order chi connectivity index (χ1) is 12.0. The molecule has 2 aromatic carbocycles. The molecule has 0 saturated heterocycles. The Morgan fingerprint density at radius 1 is 1.08 bits per heavy atom. The predicted octanol–water partition coefficient (Wildman–Crippen LogP) is 2.28. The number of hydrazine groups is 1. The van der Waals surface area contributed by atoms with Gasteiger partial charge in [0.25, 0.3) is 0 Å². The number of carbonyl (C=O) groups excluding carboxylic acids is 1. The van der Waals surface area contributed by atoms with Crippen LogP contribution in [-0.2, 0) is 4.79 Å². The molecule has 1 unspecified atom stereocenters. The smallest absolute Gasteiger partial charge is 0.241 e. The molecule has 3 aromatic rings. The summed E-state index contributed by atoms with van der Waals surface area (Å²) < 4.78 is 6.08. The van der Waals surface area contributed by atoms with Crippen molar-refractivity contribution < 1.29 is 9.53 Å². The highest BCUT2D eigenvalue weighted by molar-refractivity contribution is 5.97. The van der Waals surface area contributed by atoms with Crippen LogP contribution in [0.4, 0.5) is 11.5 Å². The molecule has 0 saturated carbocycles. The Kier molecular flexibility index (Phi) is 4.40. The highest BCUT2D eigenvalue weighted by atomic mass is 16.5. The van der Waals surface area contributed by atoms with Crippen molar-refractivity contribution in [2.75, 3.05) is 11.5 Å². The summed E-state index contributed by atoms with van der Waals surface area (Å²) in [6, 6.07) is 12.9. The number of aromatic nitrogens is 1. The van der Waals surface area contributed by atoms with Crippen molar-refractivity contribution in [1.29, 1.82) is 0 Å². The number of anilines is 2. The van der Waals surface area contributed by atoms with Gasteiger partial charge in [-0.25, -0.2) is 10.8 Å². The quantitative estimate of drug-likeness (QED) is 0.250. The van der Waals surface area contributed by atoms with Crippen molar-refractivity contribution in [3.8, 4) is 11.5 Å². The summed E-state index contributed by atoms with van der Waals surface area (Å²) in [5.41, 5.74) is 15.3. The lowest BCUT2D eigenvalue weighted by atomic mass is 10.00. The minimum absolute atomic E-state index is 0.216. The standard InChI is InChI=1S/C18H19N5O2/c1-10(18(24)23-21)16-15(8-9-22-17(16)20)25-14-7-6-13(19)11-4-2-3-5-12(11)14/h2-10H,19,21H2,1H3,(H2,20,22)(H,23,24). The van der Waals surface area contributed by atoms with Gasteiger partial charge in [-0.05, 0) is 25.1 Å². The third kappa shape index (κ3) is 3.05. The number of nitrogens with one attached hydrogen (secondary N) is 1. The number of pyridine rings is 1. The molecule has 0 bridgehead atoms. The van der Waals surface area contributed by atoms with E-state index in [0.717, 1.165) is 10.8 Å². The predicted molar refractivity (Wildman–Crippen MR) is 97.8 cm³/mol. The van der Waals surface area contributed by atoms with Crippen LogP contribution in [0.5, 0.6) is 11.5 Å². The molecule has 1 amide bonds. The first-order valence-electron chi connectivity index (χ1n) is 7.72. The molecular formula is C18H19N5O2. The van der Waals surface area contributed by atoms with E-state index >= 15 is 0 Å². The van der Waals surface area contributed by atoms with Gasteiger partial charge in [-0.1, -0.05) is 24.3 Å². The molecule has 0 aliphatic carbocycles. The van der Waals surface area contributed by atoms with Gasteiger partial charge in [-0.2, -0.15) is 0 Å². The number of carbonyl (C=O) groups is 1. The number of ether oxygens (including phenoxy) is 1. The molecule has 1 aromatic heterocycles. The second kappa shape index (κ2) is 6.66. The Morgan fingerprint density at radius 3 is 2.52 bits per heavy atom. The van der Waals surface area contributed by atoms with E-state index in [1.807, 2.05) is 24.3 Å². The Balaban J connectivity index is 2.10. The van der Waals surface area contributed by atoms with Gasteiger partial charge in [-0.15, -0.1) is 0 Å². The highest BCUT2D eigenvalue weighted by Gasteiger charge is 2.23. The summed E-state index contributed by atoms with van der Waals surface area (Å²) in [7, 11) is 0. The van der Waals surface area contributed by atoms with E-state index in [1.54, 1.807) is 25.1 Å². The first kappa shape index (κ1) is 16.5. The SMILES string of the molecule is CC(C(=O)NN)c1c(Oc2ccc(N)c3ccccc23)ccnc1N. The van der Waals surface area contributed by atoms with Crippen LogP contribution in [0, 0.1) is 0 Å². The molecule has 1 heterocycles.